The molecular weight excluding hydrogens is 318 g/mol. The summed E-state index contributed by atoms with van der Waals surface area (Å²) in [4.78, 5) is 12.5. The number of rotatable bonds is 5. The van der Waals surface area contributed by atoms with Crippen molar-refractivity contribution in [3.63, 3.8) is 0 Å². The van der Waals surface area contributed by atoms with Gasteiger partial charge >= 0.3 is 0 Å². The van der Waals surface area contributed by atoms with Gasteiger partial charge in [0.15, 0.2) is 5.69 Å². The summed E-state index contributed by atoms with van der Waals surface area (Å²) in [5.74, 6) is 1.09. The first-order chi connectivity index (χ1) is 12.1. The van der Waals surface area contributed by atoms with Crippen molar-refractivity contribution in [2.24, 2.45) is 7.05 Å². The van der Waals surface area contributed by atoms with Crippen molar-refractivity contribution in [3.05, 3.63) is 60.3 Å². The minimum absolute atomic E-state index is 0.292. The number of amides is 1. The molecule has 25 heavy (non-hydrogen) atoms. The zero-order valence-corrected chi connectivity index (χ0v) is 14.3. The van der Waals surface area contributed by atoms with Crippen LogP contribution < -0.4 is 14.8 Å². The van der Waals surface area contributed by atoms with Crippen LogP contribution in [0.25, 0.3) is 11.3 Å². The molecule has 0 aliphatic rings. The van der Waals surface area contributed by atoms with Crippen molar-refractivity contribution in [3.8, 4) is 22.8 Å². The van der Waals surface area contributed by atoms with E-state index < -0.39 is 0 Å². The molecule has 0 radical (unpaired) electrons. The van der Waals surface area contributed by atoms with E-state index in [-0.39, 0.29) is 5.91 Å². The number of para-hydroxylation sites is 2. The SMILES string of the molecule is COc1ccc(-c2cc(C(=O)Nc3ccccc3OC)nn2C)cc1. The van der Waals surface area contributed by atoms with Crippen LogP contribution in [-0.2, 0) is 7.05 Å². The lowest BCUT2D eigenvalue weighted by molar-refractivity contribution is 0.102. The maximum absolute atomic E-state index is 12.5. The van der Waals surface area contributed by atoms with Gasteiger partial charge in [-0.1, -0.05) is 12.1 Å². The number of aryl methyl sites for hydroxylation is 1. The molecule has 3 aromatic rings. The summed E-state index contributed by atoms with van der Waals surface area (Å²) in [5, 5.41) is 7.14. The van der Waals surface area contributed by atoms with Gasteiger partial charge in [0, 0.05) is 12.6 Å². The smallest absolute Gasteiger partial charge is 0.276 e. The van der Waals surface area contributed by atoms with Crippen molar-refractivity contribution < 1.29 is 14.3 Å². The van der Waals surface area contributed by atoms with Gasteiger partial charge in [0.05, 0.1) is 25.6 Å². The van der Waals surface area contributed by atoms with Gasteiger partial charge in [-0.15, -0.1) is 0 Å². The van der Waals surface area contributed by atoms with Gasteiger partial charge in [0.2, 0.25) is 0 Å². The van der Waals surface area contributed by atoms with Crippen LogP contribution in [0.15, 0.2) is 54.6 Å². The normalized spacial score (nSPS) is 10.4. The first kappa shape index (κ1) is 16.6. The third-order valence-corrected chi connectivity index (χ3v) is 3.85. The van der Waals surface area contributed by atoms with E-state index >= 15 is 0 Å². The number of nitrogens with one attached hydrogen (secondary N) is 1. The quantitative estimate of drug-likeness (QED) is 0.775. The van der Waals surface area contributed by atoms with Crippen LogP contribution in [0, 0.1) is 0 Å². The van der Waals surface area contributed by atoms with Gasteiger partial charge in [-0.05, 0) is 42.5 Å². The second kappa shape index (κ2) is 7.09. The summed E-state index contributed by atoms with van der Waals surface area (Å²) < 4.78 is 12.1. The van der Waals surface area contributed by atoms with Crippen LogP contribution in [0.5, 0.6) is 11.5 Å². The Balaban J connectivity index is 1.84. The Morgan fingerprint density at radius 3 is 2.44 bits per heavy atom. The van der Waals surface area contributed by atoms with Crippen LogP contribution in [-0.4, -0.2) is 29.9 Å². The second-order valence-corrected chi connectivity index (χ2v) is 5.42. The number of carbonyl (C=O) groups is 1. The molecule has 0 fully saturated rings. The minimum atomic E-state index is -0.292. The van der Waals surface area contributed by atoms with Gasteiger partial charge in [0.25, 0.3) is 5.91 Å². The Morgan fingerprint density at radius 2 is 1.76 bits per heavy atom. The van der Waals surface area contributed by atoms with Gasteiger partial charge in [-0.2, -0.15) is 5.10 Å². The second-order valence-electron chi connectivity index (χ2n) is 5.42. The minimum Gasteiger partial charge on any atom is -0.497 e. The molecule has 1 amide bonds. The summed E-state index contributed by atoms with van der Waals surface area (Å²) in [6, 6.07) is 16.6. The van der Waals surface area contributed by atoms with Crippen LogP contribution in [0.2, 0.25) is 0 Å². The molecule has 128 valence electrons. The predicted molar refractivity (Wildman–Crippen MR) is 96.1 cm³/mol. The highest BCUT2D eigenvalue weighted by molar-refractivity contribution is 6.04. The Morgan fingerprint density at radius 1 is 1.04 bits per heavy atom. The van der Waals surface area contributed by atoms with E-state index in [1.54, 1.807) is 44.1 Å². The third-order valence-electron chi connectivity index (χ3n) is 3.85. The van der Waals surface area contributed by atoms with E-state index in [0.29, 0.717) is 17.1 Å². The van der Waals surface area contributed by atoms with E-state index in [1.165, 1.54) is 0 Å². The molecule has 0 aliphatic carbocycles. The lowest BCUT2D eigenvalue weighted by Gasteiger charge is -2.08. The zero-order chi connectivity index (χ0) is 17.8. The molecule has 0 unspecified atom stereocenters. The van der Waals surface area contributed by atoms with Crippen molar-refractivity contribution in [1.29, 1.82) is 0 Å². The number of carbonyl (C=O) groups excluding carboxylic acids is 1. The van der Waals surface area contributed by atoms with Crippen LogP contribution in [0.4, 0.5) is 5.69 Å². The van der Waals surface area contributed by atoms with Crippen LogP contribution in [0.3, 0.4) is 0 Å². The highest BCUT2D eigenvalue weighted by atomic mass is 16.5. The maximum Gasteiger partial charge on any atom is 0.276 e. The number of ether oxygens (including phenoxy) is 2. The number of hydrogen-bond acceptors (Lipinski definition) is 4. The van der Waals surface area contributed by atoms with Crippen LogP contribution in [0.1, 0.15) is 10.5 Å². The summed E-state index contributed by atoms with van der Waals surface area (Å²) in [7, 11) is 4.99. The van der Waals surface area contributed by atoms with Crippen molar-refractivity contribution in [1.82, 2.24) is 9.78 Å². The number of hydrogen-bond donors (Lipinski definition) is 1. The molecule has 2 aromatic carbocycles. The molecule has 0 saturated heterocycles. The first-order valence-electron chi connectivity index (χ1n) is 7.75. The van der Waals surface area contributed by atoms with E-state index in [4.69, 9.17) is 9.47 Å². The lowest BCUT2D eigenvalue weighted by Crippen LogP contribution is -2.13. The lowest BCUT2D eigenvalue weighted by atomic mass is 10.1. The molecule has 1 aromatic heterocycles. The van der Waals surface area contributed by atoms with E-state index in [2.05, 4.69) is 10.4 Å². The zero-order valence-electron chi connectivity index (χ0n) is 14.3. The molecule has 3 rings (SSSR count). The third kappa shape index (κ3) is 3.47. The topological polar surface area (TPSA) is 65.4 Å². The summed E-state index contributed by atoms with van der Waals surface area (Å²) in [6.07, 6.45) is 0. The molecule has 1 heterocycles. The molecule has 0 aliphatic heterocycles. The Labute approximate surface area is 146 Å². The molecule has 1 N–H and O–H groups in total. The Bertz CT molecular complexity index is 885. The van der Waals surface area contributed by atoms with Gasteiger partial charge in [-0.3, -0.25) is 9.48 Å². The number of anilines is 1. The highest BCUT2D eigenvalue weighted by Crippen LogP contribution is 2.25. The van der Waals surface area contributed by atoms with E-state index in [0.717, 1.165) is 17.0 Å². The monoisotopic (exact) mass is 337 g/mol. The number of benzene rings is 2. The predicted octanol–water partition coefficient (Wildman–Crippen LogP) is 3.36. The molecule has 0 atom stereocenters. The number of nitrogens with zero attached hydrogens (tertiary/aromatic N) is 2. The Hall–Kier alpha value is -3.28. The first-order valence-corrected chi connectivity index (χ1v) is 7.75. The molecule has 6 nitrogen and oxygen atoms in total. The average molecular weight is 337 g/mol. The van der Waals surface area contributed by atoms with Crippen molar-refractivity contribution >= 4 is 11.6 Å². The molecule has 0 bridgehead atoms. The van der Waals surface area contributed by atoms with Crippen molar-refractivity contribution in [2.45, 2.75) is 0 Å². The van der Waals surface area contributed by atoms with E-state index in [9.17, 15) is 4.79 Å². The molecule has 0 spiro atoms. The van der Waals surface area contributed by atoms with Crippen LogP contribution >= 0.6 is 0 Å². The summed E-state index contributed by atoms with van der Waals surface area (Å²) in [6.45, 7) is 0. The van der Waals surface area contributed by atoms with Crippen molar-refractivity contribution in [2.75, 3.05) is 19.5 Å². The van der Waals surface area contributed by atoms with Gasteiger partial charge < -0.3 is 14.8 Å². The standard InChI is InChI=1S/C19H19N3O3/c1-22-17(13-8-10-14(24-2)11-9-13)12-16(21-22)19(23)20-15-6-4-5-7-18(15)25-3/h4-12H,1-3H3,(H,20,23). The molecule has 6 heteroatoms. The molecule has 0 saturated carbocycles. The maximum atomic E-state index is 12.5. The van der Waals surface area contributed by atoms with Gasteiger partial charge in [-0.25, -0.2) is 0 Å². The van der Waals surface area contributed by atoms with E-state index in [1.807, 2.05) is 36.4 Å². The number of methoxy groups -OCH3 is 2. The molecular formula is C19H19N3O3. The number of aromatic nitrogens is 2. The fourth-order valence-corrected chi connectivity index (χ4v) is 2.54. The fraction of sp³-hybridized carbons (Fsp3) is 0.158. The van der Waals surface area contributed by atoms with Gasteiger partial charge in [0.1, 0.15) is 11.5 Å². The Kier molecular flexibility index (Phi) is 4.70. The largest absolute Gasteiger partial charge is 0.497 e. The average Bonchev–Trinajstić information content (AvgIpc) is 3.04. The fourth-order valence-electron chi connectivity index (χ4n) is 2.54. The summed E-state index contributed by atoms with van der Waals surface area (Å²) >= 11 is 0. The highest BCUT2D eigenvalue weighted by Gasteiger charge is 2.15. The summed E-state index contributed by atoms with van der Waals surface area (Å²) in [5.41, 5.74) is 2.73.